The molecule has 0 radical (unpaired) electrons. The number of carboxylic acids is 1. The second-order valence-corrected chi connectivity index (χ2v) is 6.78. The predicted octanol–water partition coefficient (Wildman–Crippen LogP) is 1.54. The molecule has 0 bridgehead atoms. The van der Waals surface area contributed by atoms with Crippen molar-refractivity contribution in [2.45, 2.75) is 18.2 Å². The number of hydrogen-bond donors (Lipinski definition) is 2. The fourth-order valence-corrected chi connectivity index (χ4v) is 4.11. The van der Waals surface area contributed by atoms with Crippen molar-refractivity contribution in [1.29, 1.82) is 0 Å². The highest BCUT2D eigenvalue weighted by Gasteiger charge is 2.26. The van der Waals surface area contributed by atoms with E-state index in [1.54, 1.807) is 6.92 Å². The van der Waals surface area contributed by atoms with E-state index < -0.39 is 16.0 Å². The molecule has 2 N–H and O–H groups in total. The summed E-state index contributed by atoms with van der Waals surface area (Å²) in [6.07, 6.45) is 0.323. The van der Waals surface area contributed by atoms with Gasteiger partial charge in [0.15, 0.2) is 0 Å². The number of aliphatic hydroxyl groups excluding tert-OH is 1. The molecule has 0 saturated heterocycles. The van der Waals surface area contributed by atoms with E-state index in [-0.39, 0.29) is 30.2 Å². The highest BCUT2D eigenvalue weighted by molar-refractivity contribution is 9.10. The highest BCUT2D eigenvalue weighted by Crippen LogP contribution is 2.26. The van der Waals surface area contributed by atoms with Gasteiger partial charge in [0.2, 0.25) is 10.0 Å². The molecule has 1 aromatic carbocycles. The molecular weight excluding hydrogens is 350 g/mol. The van der Waals surface area contributed by atoms with E-state index in [0.29, 0.717) is 10.9 Å². The van der Waals surface area contributed by atoms with E-state index in [9.17, 15) is 13.2 Å². The topological polar surface area (TPSA) is 94.9 Å². The number of halogens is 1. The molecule has 0 saturated carbocycles. The molecule has 8 heteroatoms. The second kappa shape index (κ2) is 7.16. The van der Waals surface area contributed by atoms with E-state index in [2.05, 4.69) is 15.9 Å². The molecule has 0 amide bonds. The average Bonchev–Trinajstić information content (AvgIpc) is 2.39. The Bertz CT molecular complexity index is 588. The van der Waals surface area contributed by atoms with Crippen LogP contribution in [-0.4, -0.2) is 48.6 Å². The standard InChI is InChI=1S/C12H16BrNO5S/c1-2-14(6-3-7-15)20(18,19)11-8-9(12(16)17)4-5-10(11)13/h4-5,8,15H,2-3,6-7H2,1H3,(H,16,17). The summed E-state index contributed by atoms with van der Waals surface area (Å²) in [6.45, 7) is 2.00. The number of aromatic carboxylic acids is 1. The number of aliphatic hydroxyl groups is 1. The number of carboxylic acid groups (broad SMARTS) is 1. The van der Waals surface area contributed by atoms with Gasteiger partial charge < -0.3 is 10.2 Å². The van der Waals surface area contributed by atoms with Crippen LogP contribution in [0.2, 0.25) is 0 Å². The van der Waals surface area contributed by atoms with Crippen LogP contribution in [-0.2, 0) is 10.0 Å². The number of carbonyl (C=O) groups is 1. The minimum absolute atomic E-state index is 0.0859. The first-order valence-electron chi connectivity index (χ1n) is 5.98. The molecular formula is C12H16BrNO5S. The lowest BCUT2D eigenvalue weighted by molar-refractivity contribution is 0.0696. The first-order chi connectivity index (χ1) is 9.34. The van der Waals surface area contributed by atoms with Gasteiger partial charge in [-0.3, -0.25) is 0 Å². The molecule has 1 aromatic rings. The van der Waals surface area contributed by atoms with Gasteiger partial charge in [-0.25, -0.2) is 13.2 Å². The zero-order chi connectivity index (χ0) is 15.3. The van der Waals surface area contributed by atoms with Crippen molar-refractivity contribution in [1.82, 2.24) is 4.31 Å². The van der Waals surface area contributed by atoms with Gasteiger partial charge in [0, 0.05) is 24.2 Å². The van der Waals surface area contributed by atoms with Crippen LogP contribution in [0.25, 0.3) is 0 Å². The third kappa shape index (κ3) is 3.78. The van der Waals surface area contributed by atoms with Crippen LogP contribution in [0.3, 0.4) is 0 Å². The van der Waals surface area contributed by atoms with Crippen LogP contribution < -0.4 is 0 Å². The number of hydrogen-bond acceptors (Lipinski definition) is 4. The van der Waals surface area contributed by atoms with Gasteiger partial charge in [-0.15, -0.1) is 0 Å². The van der Waals surface area contributed by atoms with E-state index in [0.717, 1.165) is 6.07 Å². The van der Waals surface area contributed by atoms with Crippen molar-refractivity contribution in [2.24, 2.45) is 0 Å². The molecule has 0 aliphatic rings. The fourth-order valence-electron chi connectivity index (χ4n) is 1.67. The molecule has 1 rings (SSSR count). The summed E-state index contributed by atoms with van der Waals surface area (Å²) in [5.41, 5.74) is -0.0926. The summed E-state index contributed by atoms with van der Waals surface area (Å²) in [5.74, 6) is -1.19. The lowest BCUT2D eigenvalue weighted by atomic mass is 10.2. The minimum Gasteiger partial charge on any atom is -0.478 e. The van der Waals surface area contributed by atoms with Gasteiger partial charge in [-0.2, -0.15) is 4.31 Å². The van der Waals surface area contributed by atoms with E-state index in [1.165, 1.54) is 16.4 Å². The smallest absolute Gasteiger partial charge is 0.335 e. The third-order valence-corrected chi connectivity index (χ3v) is 5.68. The van der Waals surface area contributed by atoms with Crippen LogP contribution in [0.1, 0.15) is 23.7 Å². The number of rotatable bonds is 7. The van der Waals surface area contributed by atoms with Gasteiger partial charge in [0.1, 0.15) is 0 Å². The monoisotopic (exact) mass is 365 g/mol. The van der Waals surface area contributed by atoms with Crippen molar-refractivity contribution in [3.63, 3.8) is 0 Å². The molecule has 0 heterocycles. The summed E-state index contributed by atoms with van der Waals surface area (Å²) in [5, 5.41) is 17.8. The first-order valence-corrected chi connectivity index (χ1v) is 8.21. The molecule has 0 aromatic heterocycles. The molecule has 0 aliphatic carbocycles. The van der Waals surface area contributed by atoms with Crippen molar-refractivity contribution in [3.8, 4) is 0 Å². The van der Waals surface area contributed by atoms with Gasteiger partial charge in [0.25, 0.3) is 0 Å². The Balaban J connectivity index is 3.26. The van der Waals surface area contributed by atoms with Crippen molar-refractivity contribution >= 4 is 31.9 Å². The maximum absolute atomic E-state index is 12.5. The fraction of sp³-hybridized carbons (Fsp3) is 0.417. The largest absolute Gasteiger partial charge is 0.478 e. The Morgan fingerprint density at radius 3 is 2.55 bits per heavy atom. The van der Waals surface area contributed by atoms with Crippen molar-refractivity contribution in [2.75, 3.05) is 19.7 Å². The normalized spacial score (nSPS) is 11.8. The van der Waals surface area contributed by atoms with Gasteiger partial charge in [0.05, 0.1) is 10.5 Å². The van der Waals surface area contributed by atoms with Crippen molar-refractivity contribution in [3.05, 3.63) is 28.2 Å². The van der Waals surface area contributed by atoms with Gasteiger partial charge in [-0.05, 0) is 40.5 Å². The minimum atomic E-state index is -3.80. The molecule has 0 aliphatic heterocycles. The molecule has 0 spiro atoms. The number of nitrogens with zero attached hydrogens (tertiary/aromatic N) is 1. The Hall–Kier alpha value is -0.960. The summed E-state index contributed by atoms with van der Waals surface area (Å²) < 4.78 is 26.5. The second-order valence-electron chi connectivity index (χ2n) is 4.02. The molecule has 112 valence electrons. The summed E-state index contributed by atoms with van der Waals surface area (Å²) in [4.78, 5) is 10.9. The summed E-state index contributed by atoms with van der Waals surface area (Å²) in [7, 11) is -3.80. The quantitative estimate of drug-likeness (QED) is 0.763. The van der Waals surface area contributed by atoms with E-state index in [1.807, 2.05) is 0 Å². The SMILES string of the molecule is CCN(CCCO)S(=O)(=O)c1cc(C(=O)O)ccc1Br. The average molecular weight is 366 g/mol. The Morgan fingerprint density at radius 2 is 2.05 bits per heavy atom. The zero-order valence-corrected chi connectivity index (χ0v) is 13.3. The molecule has 0 atom stereocenters. The number of sulfonamides is 1. The van der Waals surface area contributed by atoms with E-state index >= 15 is 0 Å². The van der Waals surface area contributed by atoms with Gasteiger partial charge in [-0.1, -0.05) is 6.92 Å². The maximum Gasteiger partial charge on any atom is 0.335 e. The molecule has 0 fully saturated rings. The van der Waals surface area contributed by atoms with Crippen molar-refractivity contribution < 1.29 is 23.4 Å². The summed E-state index contributed by atoms with van der Waals surface area (Å²) >= 11 is 3.13. The van der Waals surface area contributed by atoms with Crippen LogP contribution in [0.5, 0.6) is 0 Å². The zero-order valence-electron chi connectivity index (χ0n) is 10.9. The van der Waals surface area contributed by atoms with Crippen LogP contribution in [0.15, 0.2) is 27.6 Å². The van der Waals surface area contributed by atoms with Crippen LogP contribution in [0.4, 0.5) is 0 Å². The Morgan fingerprint density at radius 1 is 1.40 bits per heavy atom. The lowest BCUT2D eigenvalue weighted by Gasteiger charge is -2.21. The highest BCUT2D eigenvalue weighted by atomic mass is 79.9. The van der Waals surface area contributed by atoms with Crippen LogP contribution >= 0.6 is 15.9 Å². The Labute approximate surface area is 126 Å². The number of benzene rings is 1. The van der Waals surface area contributed by atoms with E-state index in [4.69, 9.17) is 10.2 Å². The molecule has 0 unspecified atom stereocenters. The molecule has 6 nitrogen and oxygen atoms in total. The Kier molecular flexibility index (Phi) is 6.12. The molecule has 20 heavy (non-hydrogen) atoms. The first kappa shape index (κ1) is 17.1. The van der Waals surface area contributed by atoms with Gasteiger partial charge >= 0.3 is 5.97 Å². The lowest BCUT2D eigenvalue weighted by Crippen LogP contribution is -2.32. The van der Waals surface area contributed by atoms with Crippen LogP contribution in [0, 0.1) is 0 Å². The predicted molar refractivity (Wildman–Crippen MR) is 77.2 cm³/mol. The summed E-state index contributed by atoms with van der Waals surface area (Å²) in [6, 6.07) is 3.86. The maximum atomic E-state index is 12.5. The third-order valence-electron chi connectivity index (χ3n) is 2.71.